The van der Waals surface area contributed by atoms with Crippen LogP contribution in [-0.4, -0.2) is 18.7 Å². The van der Waals surface area contributed by atoms with Crippen molar-refractivity contribution in [1.82, 2.24) is 5.32 Å². The SMILES string of the molecule is CCNCCC1(Oc2cc(C)ccc2F)CCC1. The zero-order valence-electron chi connectivity index (χ0n) is 11.3. The Morgan fingerprint density at radius 2 is 2.17 bits per heavy atom. The van der Waals surface area contributed by atoms with Crippen LogP contribution in [0.2, 0.25) is 0 Å². The minimum atomic E-state index is -0.254. The Labute approximate surface area is 109 Å². The van der Waals surface area contributed by atoms with Crippen molar-refractivity contribution in [1.29, 1.82) is 0 Å². The normalized spacial score (nSPS) is 17.3. The van der Waals surface area contributed by atoms with Gasteiger partial charge in [-0.25, -0.2) is 4.39 Å². The van der Waals surface area contributed by atoms with E-state index in [1.54, 1.807) is 12.1 Å². The molecule has 0 aliphatic heterocycles. The van der Waals surface area contributed by atoms with Crippen LogP contribution in [0.3, 0.4) is 0 Å². The highest BCUT2D eigenvalue weighted by atomic mass is 19.1. The monoisotopic (exact) mass is 251 g/mol. The molecule has 100 valence electrons. The molecule has 0 spiro atoms. The lowest BCUT2D eigenvalue weighted by molar-refractivity contribution is -0.0170. The molecule has 1 aliphatic carbocycles. The van der Waals surface area contributed by atoms with Crippen LogP contribution in [0, 0.1) is 12.7 Å². The van der Waals surface area contributed by atoms with Gasteiger partial charge in [-0.15, -0.1) is 0 Å². The van der Waals surface area contributed by atoms with Crippen molar-refractivity contribution in [2.24, 2.45) is 0 Å². The minimum absolute atomic E-state index is 0.142. The van der Waals surface area contributed by atoms with Gasteiger partial charge in [-0.2, -0.15) is 0 Å². The van der Waals surface area contributed by atoms with Gasteiger partial charge in [0.2, 0.25) is 0 Å². The van der Waals surface area contributed by atoms with E-state index in [-0.39, 0.29) is 11.4 Å². The molecular weight excluding hydrogens is 229 g/mol. The van der Waals surface area contributed by atoms with E-state index in [4.69, 9.17) is 4.74 Å². The predicted molar refractivity (Wildman–Crippen MR) is 71.5 cm³/mol. The van der Waals surface area contributed by atoms with Gasteiger partial charge in [0, 0.05) is 0 Å². The summed E-state index contributed by atoms with van der Waals surface area (Å²) in [7, 11) is 0. The number of ether oxygens (including phenoxy) is 1. The first-order valence-electron chi connectivity index (χ1n) is 6.81. The highest BCUT2D eigenvalue weighted by Gasteiger charge is 2.39. The molecule has 2 nitrogen and oxygen atoms in total. The van der Waals surface area contributed by atoms with Gasteiger partial charge in [0.25, 0.3) is 0 Å². The van der Waals surface area contributed by atoms with Crippen molar-refractivity contribution in [3.63, 3.8) is 0 Å². The summed E-state index contributed by atoms with van der Waals surface area (Å²) in [5.74, 6) is 0.154. The summed E-state index contributed by atoms with van der Waals surface area (Å²) in [6.07, 6.45) is 4.20. The van der Waals surface area contributed by atoms with Gasteiger partial charge in [0.15, 0.2) is 11.6 Å². The molecule has 1 saturated carbocycles. The lowest BCUT2D eigenvalue weighted by Crippen LogP contribution is -2.45. The number of hydrogen-bond acceptors (Lipinski definition) is 2. The molecule has 0 radical (unpaired) electrons. The molecule has 0 atom stereocenters. The number of aryl methyl sites for hydroxylation is 1. The topological polar surface area (TPSA) is 21.3 Å². The van der Waals surface area contributed by atoms with E-state index in [9.17, 15) is 4.39 Å². The van der Waals surface area contributed by atoms with Gasteiger partial charge in [0.1, 0.15) is 5.60 Å². The van der Waals surface area contributed by atoms with Gasteiger partial charge >= 0.3 is 0 Å². The van der Waals surface area contributed by atoms with Gasteiger partial charge in [-0.3, -0.25) is 0 Å². The molecule has 0 bridgehead atoms. The van der Waals surface area contributed by atoms with E-state index >= 15 is 0 Å². The Hall–Kier alpha value is -1.09. The second-order valence-corrected chi connectivity index (χ2v) is 5.18. The van der Waals surface area contributed by atoms with Crippen LogP contribution in [0.1, 0.15) is 38.2 Å². The van der Waals surface area contributed by atoms with Crippen LogP contribution in [0.25, 0.3) is 0 Å². The van der Waals surface area contributed by atoms with Crippen molar-refractivity contribution in [2.45, 2.75) is 45.1 Å². The smallest absolute Gasteiger partial charge is 0.165 e. The number of rotatable bonds is 6. The van der Waals surface area contributed by atoms with Crippen molar-refractivity contribution >= 4 is 0 Å². The van der Waals surface area contributed by atoms with Gasteiger partial charge in [-0.1, -0.05) is 13.0 Å². The Morgan fingerprint density at radius 3 is 2.78 bits per heavy atom. The summed E-state index contributed by atoms with van der Waals surface area (Å²) in [6.45, 7) is 5.95. The third-order valence-electron chi connectivity index (χ3n) is 3.69. The second kappa shape index (κ2) is 5.70. The zero-order chi connectivity index (χ0) is 13.0. The minimum Gasteiger partial charge on any atom is -0.484 e. The standard InChI is InChI=1S/C15H22FNO/c1-3-17-10-9-15(7-4-8-15)18-14-11-12(2)5-6-13(14)16/h5-6,11,17H,3-4,7-10H2,1-2H3. The van der Waals surface area contributed by atoms with E-state index in [1.807, 2.05) is 6.92 Å². The highest BCUT2D eigenvalue weighted by molar-refractivity contribution is 5.30. The summed E-state index contributed by atoms with van der Waals surface area (Å²) in [4.78, 5) is 0. The maximum absolute atomic E-state index is 13.7. The molecule has 1 aromatic carbocycles. The Morgan fingerprint density at radius 1 is 1.39 bits per heavy atom. The van der Waals surface area contributed by atoms with Crippen LogP contribution < -0.4 is 10.1 Å². The van der Waals surface area contributed by atoms with E-state index in [0.29, 0.717) is 5.75 Å². The van der Waals surface area contributed by atoms with Crippen molar-refractivity contribution < 1.29 is 9.13 Å². The van der Waals surface area contributed by atoms with Crippen LogP contribution in [-0.2, 0) is 0 Å². The molecule has 1 aromatic rings. The fourth-order valence-electron chi connectivity index (χ4n) is 2.39. The second-order valence-electron chi connectivity index (χ2n) is 5.18. The number of nitrogens with one attached hydrogen (secondary N) is 1. The van der Waals surface area contributed by atoms with E-state index in [1.165, 1.54) is 12.5 Å². The fourth-order valence-corrected chi connectivity index (χ4v) is 2.39. The van der Waals surface area contributed by atoms with Gasteiger partial charge < -0.3 is 10.1 Å². The lowest BCUT2D eigenvalue weighted by atomic mass is 9.77. The third-order valence-corrected chi connectivity index (χ3v) is 3.69. The molecule has 0 saturated heterocycles. The van der Waals surface area contributed by atoms with E-state index in [2.05, 4.69) is 12.2 Å². The van der Waals surface area contributed by atoms with E-state index in [0.717, 1.165) is 37.9 Å². The largest absolute Gasteiger partial charge is 0.484 e. The molecule has 0 unspecified atom stereocenters. The number of hydrogen-bond donors (Lipinski definition) is 1. The van der Waals surface area contributed by atoms with Crippen LogP contribution in [0.4, 0.5) is 4.39 Å². The zero-order valence-corrected chi connectivity index (χ0v) is 11.3. The highest BCUT2D eigenvalue weighted by Crippen LogP contribution is 2.40. The van der Waals surface area contributed by atoms with Crippen molar-refractivity contribution in [2.75, 3.05) is 13.1 Å². The molecule has 1 N–H and O–H groups in total. The molecule has 1 fully saturated rings. The quantitative estimate of drug-likeness (QED) is 0.782. The van der Waals surface area contributed by atoms with Crippen molar-refractivity contribution in [3.05, 3.63) is 29.6 Å². The van der Waals surface area contributed by atoms with Gasteiger partial charge in [-0.05, 0) is 63.4 Å². The lowest BCUT2D eigenvalue weighted by Gasteiger charge is -2.42. The predicted octanol–water partition coefficient (Wildman–Crippen LogP) is 3.44. The molecular formula is C15H22FNO. The maximum atomic E-state index is 13.7. The third kappa shape index (κ3) is 3.02. The maximum Gasteiger partial charge on any atom is 0.165 e. The van der Waals surface area contributed by atoms with Crippen molar-refractivity contribution in [3.8, 4) is 5.75 Å². The van der Waals surface area contributed by atoms with E-state index < -0.39 is 0 Å². The molecule has 0 amide bonds. The first-order valence-corrected chi connectivity index (χ1v) is 6.81. The summed E-state index contributed by atoms with van der Waals surface area (Å²) < 4.78 is 19.7. The van der Waals surface area contributed by atoms with Crippen LogP contribution in [0.15, 0.2) is 18.2 Å². The number of benzene rings is 1. The molecule has 3 heteroatoms. The molecule has 18 heavy (non-hydrogen) atoms. The molecule has 1 aliphatic rings. The summed E-state index contributed by atoms with van der Waals surface area (Å²) >= 11 is 0. The summed E-state index contributed by atoms with van der Waals surface area (Å²) in [5, 5.41) is 3.31. The Balaban J connectivity index is 2.03. The van der Waals surface area contributed by atoms with Crippen LogP contribution in [0.5, 0.6) is 5.75 Å². The summed E-state index contributed by atoms with van der Waals surface area (Å²) in [6, 6.07) is 5.05. The first kappa shape index (κ1) is 13.3. The van der Waals surface area contributed by atoms with Crippen LogP contribution >= 0.6 is 0 Å². The first-order chi connectivity index (χ1) is 8.65. The molecule has 0 aromatic heterocycles. The Kier molecular flexibility index (Phi) is 4.23. The summed E-state index contributed by atoms with van der Waals surface area (Å²) in [5.41, 5.74) is 0.893. The van der Waals surface area contributed by atoms with Gasteiger partial charge in [0.05, 0.1) is 0 Å². The molecule has 0 heterocycles. The Bertz CT molecular complexity index is 401. The average Bonchev–Trinajstić information content (AvgIpc) is 2.30. The fraction of sp³-hybridized carbons (Fsp3) is 0.600. The average molecular weight is 251 g/mol. The number of halogens is 1. The molecule has 2 rings (SSSR count).